The lowest BCUT2D eigenvalue weighted by Gasteiger charge is -2.25. The van der Waals surface area contributed by atoms with Crippen LogP contribution in [0.25, 0.3) is 0 Å². The van der Waals surface area contributed by atoms with E-state index in [9.17, 15) is 13.2 Å². The first-order valence-corrected chi connectivity index (χ1v) is 5.57. The Balaban J connectivity index is 2.48. The molecule has 1 aliphatic heterocycles. The fraction of sp³-hybridized carbons (Fsp3) is 0.500. The molecule has 94 valence electrons. The third-order valence-electron chi connectivity index (χ3n) is 3.07. The highest BCUT2D eigenvalue weighted by molar-refractivity contribution is 5.40. The standard InChI is InChI=1S/C12H14F3NO/c1-17-12-9(14)5-8(13)11(15)10(12)7-3-2-4-16-6-7/h5,7,16H,2-4,6H2,1H3. The summed E-state index contributed by atoms with van der Waals surface area (Å²) in [6, 6.07) is 0.522. The minimum atomic E-state index is -1.16. The van der Waals surface area contributed by atoms with Crippen molar-refractivity contribution in [2.75, 3.05) is 20.2 Å². The van der Waals surface area contributed by atoms with Crippen molar-refractivity contribution in [1.82, 2.24) is 5.32 Å². The number of rotatable bonds is 2. The van der Waals surface area contributed by atoms with E-state index < -0.39 is 17.5 Å². The summed E-state index contributed by atoms with van der Waals surface area (Å²) in [6.07, 6.45) is 1.55. The largest absolute Gasteiger partial charge is 0.493 e. The van der Waals surface area contributed by atoms with Crippen molar-refractivity contribution in [1.29, 1.82) is 0 Å². The van der Waals surface area contributed by atoms with E-state index in [4.69, 9.17) is 4.74 Å². The Hall–Kier alpha value is -1.23. The molecule has 0 saturated carbocycles. The highest BCUT2D eigenvalue weighted by Crippen LogP contribution is 2.36. The highest BCUT2D eigenvalue weighted by Gasteiger charge is 2.27. The summed E-state index contributed by atoms with van der Waals surface area (Å²) in [5, 5.41) is 3.08. The Labute approximate surface area is 97.8 Å². The second kappa shape index (κ2) is 4.96. The van der Waals surface area contributed by atoms with E-state index in [1.807, 2.05) is 0 Å². The van der Waals surface area contributed by atoms with Crippen LogP contribution in [0.1, 0.15) is 24.3 Å². The first-order valence-electron chi connectivity index (χ1n) is 5.57. The maximum atomic E-state index is 13.8. The molecule has 0 radical (unpaired) electrons. The molecule has 1 heterocycles. The number of benzene rings is 1. The van der Waals surface area contributed by atoms with Gasteiger partial charge in [-0.25, -0.2) is 13.2 Å². The summed E-state index contributed by atoms with van der Waals surface area (Å²) in [6.45, 7) is 1.36. The molecule has 5 heteroatoms. The third-order valence-corrected chi connectivity index (χ3v) is 3.07. The van der Waals surface area contributed by atoms with E-state index in [1.165, 1.54) is 7.11 Å². The normalized spacial score (nSPS) is 20.4. The van der Waals surface area contributed by atoms with E-state index >= 15 is 0 Å². The van der Waals surface area contributed by atoms with Crippen molar-refractivity contribution in [2.24, 2.45) is 0 Å². The van der Waals surface area contributed by atoms with Crippen LogP contribution in [-0.4, -0.2) is 20.2 Å². The van der Waals surface area contributed by atoms with Gasteiger partial charge < -0.3 is 10.1 Å². The molecule has 0 bridgehead atoms. The number of ether oxygens (including phenoxy) is 1. The summed E-state index contributed by atoms with van der Waals surface area (Å²) in [7, 11) is 1.26. The van der Waals surface area contributed by atoms with Gasteiger partial charge in [0, 0.05) is 24.1 Å². The number of nitrogens with one attached hydrogen (secondary N) is 1. The number of methoxy groups -OCH3 is 1. The van der Waals surface area contributed by atoms with Gasteiger partial charge in [-0.05, 0) is 19.4 Å². The zero-order valence-corrected chi connectivity index (χ0v) is 9.53. The summed E-state index contributed by atoms with van der Waals surface area (Å²) in [5.41, 5.74) is 0.0113. The second-order valence-electron chi connectivity index (χ2n) is 4.14. The Morgan fingerprint density at radius 2 is 2.06 bits per heavy atom. The molecule has 1 aromatic carbocycles. The van der Waals surface area contributed by atoms with E-state index in [0.29, 0.717) is 19.0 Å². The van der Waals surface area contributed by atoms with Gasteiger partial charge in [0.15, 0.2) is 23.2 Å². The van der Waals surface area contributed by atoms with Crippen LogP contribution in [0.3, 0.4) is 0 Å². The number of hydrogen-bond acceptors (Lipinski definition) is 2. The van der Waals surface area contributed by atoms with Crippen molar-refractivity contribution in [3.05, 3.63) is 29.1 Å². The van der Waals surface area contributed by atoms with Gasteiger partial charge in [-0.3, -0.25) is 0 Å². The van der Waals surface area contributed by atoms with Gasteiger partial charge >= 0.3 is 0 Å². The monoisotopic (exact) mass is 245 g/mol. The SMILES string of the molecule is COc1c(F)cc(F)c(F)c1C1CCCNC1. The molecule has 1 atom stereocenters. The lowest BCUT2D eigenvalue weighted by molar-refractivity contribution is 0.351. The number of halogens is 3. The van der Waals surface area contributed by atoms with Crippen molar-refractivity contribution in [3.63, 3.8) is 0 Å². The molecule has 1 N–H and O–H groups in total. The molecular formula is C12H14F3NO. The van der Waals surface area contributed by atoms with Crippen LogP contribution in [0.5, 0.6) is 5.75 Å². The van der Waals surface area contributed by atoms with Gasteiger partial charge in [0.25, 0.3) is 0 Å². The molecule has 0 spiro atoms. The van der Waals surface area contributed by atoms with Crippen LogP contribution in [0, 0.1) is 17.5 Å². The smallest absolute Gasteiger partial charge is 0.168 e. The van der Waals surface area contributed by atoms with Crippen LogP contribution in [-0.2, 0) is 0 Å². The molecule has 0 amide bonds. The van der Waals surface area contributed by atoms with Gasteiger partial charge in [0.05, 0.1) is 7.11 Å². The minimum absolute atomic E-state index is 0.0113. The van der Waals surface area contributed by atoms with Crippen molar-refractivity contribution < 1.29 is 17.9 Å². The fourth-order valence-corrected chi connectivity index (χ4v) is 2.27. The van der Waals surface area contributed by atoms with E-state index in [2.05, 4.69) is 5.32 Å². The zero-order valence-electron chi connectivity index (χ0n) is 9.53. The molecule has 0 aromatic heterocycles. The minimum Gasteiger partial charge on any atom is -0.493 e. The van der Waals surface area contributed by atoms with Gasteiger partial charge in [0.2, 0.25) is 0 Å². The van der Waals surface area contributed by atoms with Crippen molar-refractivity contribution >= 4 is 0 Å². The third kappa shape index (κ3) is 2.24. The first kappa shape index (κ1) is 12.2. The molecular weight excluding hydrogens is 231 g/mol. The van der Waals surface area contributed by atoms with E-state index in [-0.39, 0.29) is 17.2 Å². The lowest BCUT2D eigenvalue weighted by Crippen LogP contribution is -2.29. The first-order chi connectivity index (χ1) is 8.15. The predicted octanol–water partition coefficient (Wildman–Crippen LogP) is 2.58. The van der Waals surface area contributed by atoms with Crippen LogP contribution < -0.4 is 10.1 Å². The second-order valence-corrected chi connectivity index (χ2v) is 4.14. The zero-order chi connectivity index (χ0) is 12.4. The van der Waals surface area contributed by atoms with Crippen molar-refractivity contribution in [3.8, 4) is 5.75 Å². The quantitative estimate of drug-likeness (QED) is 0.808. The van der Waals surface area contributed by atoms with Crippen LogP contribution in [0.2, 0.25) is 0 Å². The number of piperidine rings is 1. The highest BCUT2D eigenvalue weighted by atomic mass is 19.2. The predicted molar refractivity (Wildman–Crippen MR) is 57.7 cm³/mol. The molecule has 2 nitrogen and oxygen atoms in total. The van der Waals surface area contributed by atoms with Crippen LogP contribution in [0.4, 0.5) is 13.2 Å². The summed E-state index contributed by atoms with van der Waals surface area (Å²) in [4.78, 5) is 0. The van der Waals surface area contributed by atoms with Gasteiger partial charge in [-0.15, -0.1) is 0 Å². The van der Waals surface area contributed by atoms with Gasteiger partial charge in [-0.2, -0.15) is 0 Å². The molecule has 1 fully saturated rings. The Bertz CT molecular complexity index is 417. The maximum absolute atomic E-state index is 13.8. The maximum Gasteiger partial charge on any atom is 0.168 e. The molecule has 17 heavy (non-hydrogen) atoms. The molecule has 1 aromatic rings. The summed E-state index contributed by atoms with van der Waals surface area (Å²) < 4.78 is 45.3. The van der Waals surface area contributed by atoms with E-state index in [1.54, 1.807) is 0 Å². The average Bonchev–Trinajstić information content (AvgIpc) is 2.34. The molecule has 2 rings (SSSR count). The van der Waals surface area contributed by atoms with Crippen LogP contribution >= 0.6 is 0 Å². The molecule has 1 saturated heterocycles. The van der Waals surface area contributed by atoms with Gasteiger partial charge in [-0.1, -0.05) is 0 Å². The Kier molecular flexibility index (Phi) is 3.57. The molecule has 1 unspecified atom stereocenters. The summed E-state index contributed by atoms with van der Waals surface area (Å²) in [5.74, 6) is -3.45. The average molecular weight is 245 g/mol. The van der Waals surface area contributed by atoms with Crippen molar-refractivity contribution in [2.45, 2.75) is 18.8 Å². The Morgan fingerprint density at radius 3 is 2.65 bits per heavy atom. The van der Waals surface area contributed by atoms with E-state index in [0.717, 1.165) is 13.0 Å². The Morgan fingerprint density at radius 1 is 1.29 bits per heavy atom. The molecule has 1 aliphatic rings. The fourth-order valence-electron chi connectivity index (χ4n) is 2.27. The van der Waals surface area contributed by atoms with Gasteiger partial charge in [0.1, 0.15) is 0 Å². The lowest BCUT2D eigenvalue weighted by atomic mass is 9.90. The summed E-state index contributed by atoms with van der Waals surface area (Å²) >= 11 is 0. The number of hydrogen-bond donors (Lipinski definition) is 1. The van der Waals surface area contributed by atoms with Crippen LogP contribution in [0.15, 0.2) is 6.07 Å². The topological polar surface area (TPSA) is 21.3 Å². The molecule has 0 aliphatic carbocycles.